The summed E-state index contributed by atoms with van der Waals surface area (Å²) in [4.78, 5) is 14.5. The van der Waals surface area contributed by atoms with Crippen LogP contribution < -0.4 is 5.73 Å². The molecule has 2 atom stereocenters. The molecular weight excluding hydrogens is 371 g/mol. The second kappa shape index (κ2) is 9.92. The zero-order chi connectivity index (χ0) is 19.8. The van der Waals surface area contributed by atoms with Gasteiger partial charge in [0.1, 0.15) is 11.9 Å². The Bertz CT molecular complexity index is 838. The molecular formula is C19H20ClFN4O2. The van der Waals surface area contributed by atoms with E-state index < -0.39 is 18.1 Å². The van der Waals surface area contributed by atoms with Crippen LogP contribution in [0.4, 0.5) is 4.39 Å². The van der Waals surface area contributed by atoms with Gasteiger partial charge in [0.2, 0.25) is 0 Å². The van der Waals surface area contributed by atoms with E-state index in [4.69, 9.17) is 27.6 Å². The fourth-order valence-corrected chi connectivity index (χ4v) is 2.88. The number of nitrogens with two attached hydrogens (primary N) is 1. The van der Waals surface area contributed by atoms with Crippen molar-refractivity contribution in [3.8, 4) is 11.1 Å². The number of rotatable bonds is 8. The molecule has 0 radical (unpaired) electrons. The van der Waals surface area contributed by atoms with Crippen LogP contribution in [0.15, 0.2) is 47.6 Å². The van der Waals surface area contributed by atoms with Crippen LogP contribution in [0.1, 0.15) is 18.9 Å². The highest BCUT2D eigenvalue weighted by Crippen LogP contribution is 2.26. The predicted octanol–water partition coefficient (Wildman–Crippen LogP) is 4.65. The zero-order valence-electron chi connectivity index (χ0n) is 14.8. The lowest BCUT2D eigenvalue weighted by molar-refractivity contribution is -0.144. The van der Waals surface area contributed by atoms with Crippen LogP contribution in [0.25, 0.3) is 21.6 Å². The van der Waals surface area contributed by atoms with E-state index in [9.17, 15) is 9.18 Å². The standard InChI is InChI=1S/C19H20ClFN4O2/c1-2-27-19(26)18(24-25-23)11-15(22)9-12-3-5-13(6-4-12)16-10-14(20)7-8-17(16)21/h3-8,10,15,18H,2,9,11,22H2,1H3/t15-,18-/m1/s1. The summed E-state index contributed by atoms with van der Waals surface area (Å²) in [6.07, 6.45) is 0.642. The maximum Gasteiger partial charge on any atom is 0.314 e. The van der Waals surface area contributed by atoms with Crippen molar-refractivity contribution in [3.05, 3.63) is 69.3 Å². The first-order chi connectivity index (χ1) is 12.9. The summed E-state index contributed by atoms with van der Waals surface area (Å²) < 4.78 is 18.8. The molecule has 2 N–H and O–H groups in total. The Kier molecular flexibility index (Phi) is 7.61. The molecule has 0 heterocycles. The fourth-order valence-electron chi connectivity index (χ4n) is 2.70. The lowest BCUT2D eigenvalue weighted by atomic mass is 9.98. The number of esters is 1. The van der Waals surface area contributed by atoms with Crippen LogP contribution in [-0.2, 0) is 16.0 Å². The van der Waals surface area contributed by atoms with Gasteiger partial charge < -0.3 is 10.5 Å². The minimum atomic E-state index is -0.954. The third-order valence-corrected chi connectivity index (χ3v) is 4.20. The van der Waals surface area contributed by atoms with E-state index in [2.05, 4.69) is 10.0 Å². The maximum absolute atomic E-state index is 14.0. The van der Waals surface area contributed by atoms with Gasteiger partial charge >= 0.3 is 5.97 Å². The first kappa shape index (κ1) is 20.7. The van der Waals surface area contributed by atoms with Gasteiger partial charge in [-0.05, 0) is 54.6 Å². The smallest absolute Gasteiger partial charge is 0.314 e. The molecule has 0 spiro atoms. The number of carbonyl (C=O) groups is 1. The van der Waals surface area contributed by atoms with Crippen LogP contribution in [0.2, 0.25) is 5.02 Å². The summed E-state index contributed by atoms with van der Waals surface area (Å²) in [6.45, 7) is 1.88. The molecule has 0 aliphatic rings. The number of azide groups is 1. The van der Waals surface area contributed by atoms with E-state index in [1.54, 1.807) is 25.1 Å². The molecule has 2 rings (SSSR count). The van der Waals surface area contributed by atoms with Crippen molar-refractivity contribution in [1.29, 1.82) is 0 Å². The van der Waals surface area contributed by atoms with Gasteiger partial charge in [-0.1, -0.05) is 41.0 Å². The highest BCUT2D eigenvalue weighted by Gasteiger charge is 2.21. The fraction of sp³-hybridized carbons (Fsp3) is 0.316. The van der Waals surface area contributed by atoms with Gasteiger partial charge in [0.05, 0.1) is 6.61 Å². The van der Waals surface area contributed by atoms with Crippen molar-refractivity contribution in [3.63, 3.8) is 0 Å². The van der Waals surface area contributed by atoms with Crippen LogP contribution in [0.3, 0.4) is 0 Å². The summed E-state index contributed by atoms with van der Waals surface area (Å²) in [5.74, 6) is -0.937. The Morgan fingerprint density at radius 3 is 2.67 bits per heavy atom. The molecule has 0 fully saturated rings. The van der Waals surface area contributed by atoms with Crippen molar-refractivity contribution in [1.82, 2.24) is 0 Å². The lowest BCUT2D eigenvalue weighted by Gasteiger charge is -2.16. The van der Waals surface area contributed by atoms with Gasteiger partial charge in [-0.2, -0.15) is 0 Å². The normalized spacial score (nSPS) is 12.7. The van der Waals surface area contributed by atoms with E-state index in [0.717, 1.165) is 5.56 Å². The molecule has 142 valence electrons. The number of hydrogen-bond donors (Lipinski definition) is 1. The summed E-state index contributed by atoms with van der Waals surface area (Å²) in [5, 5.41) is 3.93. The SMILES string of the molecule is CCOC(=O)[C@@H](C[C@H](N)Cc1ccc(-c2cc(Cl)ccc2F)cc1)N=[N+]=[N-]. The number of nitrogens with zero attached hydrogens (tertiary/aromatic N) is 3. The van der Waals surface area contributed by atoms with Crippen molar-refractivity contribution < 1.29 is 13.9 Å². The second-order valence-electron chi connectivity index (χ2n) is 5.99. The Morgan fingerprint density at radius 1 is 1.33 bits per heavy atom. The van der Waals surface area contributed by atoms with Crippen molar-refractivity contribution >= 4 is 17.6 Å². The molecule has 0 aliphatic carbocycles. The molecule has 0 amide bonds. The number of benzene rings is 2. The van der Waals surface area contributed by atoms with Gasteiger partial charge in [0.25, 0.3) is 0 Å². The Labute approximate surface area is 161 Å². The van der Waals surface area contributed by atoms with E-state index in [-0.39, 0.29) is 18.8 Å². The minimum Gasteiger partial charge on any atom is -0.466 e. The minimum absolute atomic E-state index is 0.174. The number of carbonyl (C=O) groups excluding carboxylic acids is 1. The van der Waals surface area contributed by atoms with Gasteiger partial charge in [0.15, 0.2) is 0 Å². The molecule has 6 nitrogen and oxygen atoms in total. The Morgan fingerprint density at radius 2 is 2.04 bits per heavy atom. The van der Waals surface area contributed by atoms with Crippen molar-refractivity contribution in [2.45, 2.75) is 31.8 Å². The second-order valence-corrected chi connectivity index (χ2v) is 6.43. The van der Waals surface area contributed by atoms with Crippen molar-refractivity contribution in [2.24, 2.45) is 10.8 Å². The molecule has 0 saturated carbocycles. The van der Waals surface area contributed by atoms with Crippen LogP contribution in [-0.4, -0.2) is 24.7 Å². The van der Waals surface area contributed by atoms with Crippen LogP contribution in [0, 0.1) is 5.82 Å². The van der Waals surface area contributed by atoms with Crippen LogP contribution in [0.5, 0.6) is 0 Å². The van der Waals surface area contributed by atoms with E-state index in [1.165, 1.54) is 12.1 Å². The van der Waals surface area contributed by atoms with Gasteiger partial charge in [0, 0.05) is 21.5 Å². The molecule has 0 aliphatic heterocycles. The molecule has 0 bridgehead atoms. The highest BCUT2D eigenvalue weighted by atomic mass is 35.5. The van der Waals surface area contributed by atoms with E-state index in [1.807, 2.05) is 12.1 Å². The summed E-state index contributed by atoms with van der Waals surface area (Å²) in [7, 11) is 0. The van der Waals surface area contributed by atoms with E-state index in [0.29, 0.717) is 22.6 Å². The predicted molar refractivity (Wildman–Crippen MR) is 103 cm³/mol. The number of halogens is 2. The summed E-state index contributed by atoms with van der Waals surface area (Å²) >= 11 is 5.93. The maximum atomic E-state index is 14.0. The third kappa shape index (κ3) is 5.96. The topological polar surface area (TPSA) is 101 Å². The zero-order valence-corrected chi connectivity index (χ0v) is 15.6. The quantitative estimate of drug-likeness (QED) is 0.307. The molecule has 0 saturated heterocycles. The molecule has 8 heteroatoms. The average Bonchev–Trinajstić information content (AvgIpc) is 2.64. The van der Waals surface area contributed by atoms with Crippen molar-refractivity contribution in [2.75, 3.05) is 6.61 Å². The molecule has 2 aromatic carbocycles. The molecule has 0 aromatic heterocycles. The highest BCUT2D eigenvalue weighted by molar-refractivity contribution is 6.30. The summed E-state index contributed by atoms with van der Waals surface area (Å²) in [6, 6.07) is 10.3. The lowest BCUT2D eigenvalue weighted by Crippen LogP contribution is -2.32. The molecule has 27 heavy (non-hydrogen) atoms. The average molecular weight is 391 g/mol. The molecule has 0 unspecified atom stereocenters. The Hall–Kier alpha value is -2.60. The largest absolute Gasteiger partial charge is 0.466 e. The van der Waals surface area contributed by atoms with Crippen LogP contribution >= 0.6 is 11.6 Å². The number of ether oxygens (including phenoxy) is 1. The van der Waals surface area contributed by atoms with Gasteiger partial charge in [-0.25, -0.2) is 4.39 Å². The Balaban J connectivity index is 2.05. The van der Waals surface area contributed by atoms with E-state index >= 15 is 0 Å². The number of hydrogen-bond acceptors (Lipinski definition) is 4. The first-order valence-corrected chi connectivity index (χ1v) is 8.83. The van der Waals surface area contributed by atoms with Gasteiger partial charge in [-0.3, -0.25) is 4.79 Å². The third-order valence-electron chi connectivity index (χ3n) is 3.97. The summed E-state index contributed by atoms with van der Waals surface area (Å²) in [5.41, 5.74) is 16.7. The first-order valence-electron chi connectivity index (χ1n) is 8.45. The monoisotopic (exact) mass is 390 g/mol. The molecule has 2 aromatic rings. The van der Waals surface area contributed by atoms with Gasteiger partial charge in [-0.15, -0.1) is 0 Å².